The number of halogens is 1. The van der Waals surface area contributed by atoms with E-state index < -0.39 is 21.7 Å². The van der Waals surface area contributed by atoms with E-state index in [1.807, 2.05) is 0 Å². The van der Waals surface area contributed by atoms with Gasteiger partial charge in [-0.05, 0) is 20.8 Å². The summed E-state index contributed by atoms with van der Waals surface area (Å²) in [5, 5.41) is -0.0358. The number of carbonyl (C=O) groups is 1. The fourth-order valence-electron chi connectivity index (χ4n) is 2.00. The van der Waals surface area contributed by atoms with Crippen molar-refractivity contribution in [1.82, 2.24) is 19.2 Å². The molecule has 1 amide bonds. The Morgan fingerprint density at radius 3 is 2.26 bits per heavy atom. The second-order valence-electron chi connectivity index (χ2n) is 6.05. The highest BCUT2D eigenvalue weighted by molar-refractivity contribution is 7.89. The van der Waals surface area contributed by atoms with Gasteiger partial charge in [-0.25, -0.2) is 23.2 Å². The Kier molecular flexibility index (Phi) is 5.12. The SMILES string of the molecule is CC(C)(C)OC(=O)N1CCN(S(=O)(=O)c2cnc(Cl)cn2)CC1. The van der Waals surface area contributed by atoms with Gasteiger partial charge in [0.2, 0.25) is 0 Å². The van der Waals surface area contributed by atoms with Gasteiger partial charge in [0.1, 0.15) is 10.8 Å². The van der Waals surface area contributed by atoms with E-state index in [4.69, 9.17) is 16.3 Å². The molecule has 2 rings (SSSR count). The van der Waals surface area contributed by atoms with E-state index in [-0.39, 0.29) is 36.4 Å². The van der Waals surface area contributed by atoms with Gasteiger partial charge in [-0.2, -0.15) is 4.31 Å². The lowest BCUT2D eigenvalue weighted by atomic mass is 10.2. The van der Waals surface area contributed by atoms with E-state index in [1.165, 1.54) is 15.4 Å². The lowest BCUT2D eigenvalue weighted by molar-refractivity contribution is 0.0192. The molecule has 0 spiro atoms. The van der Waals surface area contributed by atoms with Crippen molar-refractivity contribution in [3.8, 4) is 0 Å². The van der Waals surface area contributed by atoms with Gasteiger partial charge < -0.3 is 9.64 Å². The van der Waals surface area contributed by atoms with E-state index in [9.17, 15) is 13.2 Å². The predicted octanol–water partition coefficient (Wildman–Crippen LogP) is 1.37. The Morgan fingerprint density at radius 2 is 1.78 bits per heavy atom. The highest BCUT2D eigenvalue weighted by atomic mass is 35.5. The fraction of sp³-hybridized carbons (Fsp3) is 0.615. The summed E-state index contributed by atoms with van der Waals surface area (Å²) >= 11 is 5.61. The molecule has 8 nitrogen and oxygen atoms in total. The summed E-state index contributed by atoms with van der Waals surface area (Å²) < 4.78 is 31.4. The number of rotatable bonds is 2. The normalized spacial score (nSPS) is 17.1. The standard InChI is InChI=1S/C13H19ClN4O4S/c1-13(2,3)22-12(19)17-4-6-18(7-5-17)23(20,21)11-9-15-10(14)8-16-11/h8-9H,4-7H2,1-3H3. The first-order valence-corrected chi connectivity index (χ1v) is 8.87. The van der Waals surface area contributed by atoms with Crippen LogP contribution in [0, 0.1) is 0 Å². The molecule has 1 aromatic heterocycles. The van der Waals surface area contributed by atoms with Crippen LogP contribution in [0.3, 0.4) is 0 Å². The largest absolute Gasteiger partial charge is 0.444 e. The molecule has 1 aliphatic heterocycles. The maximum Gasteiger partial charge on any atom is 0.410 e. The van der Waals surface area contributed by atoms with E-state index in [0.29, 0.717) is 0 Å². The minimum absolute atomic E-state index is 0.124. The van der Waals surface area contributed by atoms with Crippen molar-refractivity contribution in [2.75, 3.05) is 26.2 Å². The maximum atomic E-state index is 12.4. The smallest absolute Gasteiger partial charge is 0.410 e. The molecule has 0 atom stereocenters. The number of carbonyl (C=O) groups excluding carboxylic acids is 1. The molecule has 0 unspecified atom stereocenters. The quantitative estimate of drug-likeness (QED) is 0.788. The molecule has 1 aromatic rings. The first-order valence-electron chi connectivity index (χ1n) is 7.05. The second kappa shape index (κ2) is 6.58. The molecular weight excluding hydrogens is 344 g/mol. The summed E-state index contributed by atoms with van der Waals surface area (Å²) in [6, 6.07) is 0. The molecule has 1 fully saturated rings. The van der Waals surface area contributed by atoms with Gasteiger partial charge in [0.15, 0.2) is 5.03 Å². The number of ether oxygens (including phenoxy) is 1. The van der Waals surface area contributed by atoms with Crippen LogP contribution in [-0.2, 0) is 14.8 Å². The number of piperazine rings is 1. The van der Waals surface area contributed by atoms with E-state index in [1.54, 1.807) is 20.8 Å². The van der Waals surface area contributed by atoms with Crippen LogP contribution >= 0.6 is 11.6 Å². The summed E-state index contributed by atoms with van der Waals surface area (Å²) in [6.07, 6.45) is 1.87. The third-order valence-corrected chi connectivity index (χ3v) is 5.07. The van der Waals surface area contributed by atoms with Crippen molar-refractivity contribution in [2.45, 2.75) is 31.4 Å². The Hall–Kier alpha value is -1.45. The molecule has 0 N–H and O–H groups in total. The molecule has 0 radical (unpaired) electrons. The molecule has 0 saturated carbocycles. The van der Waals surface area contributed by atoms with Gasteiger partial charge in [-0.15, -0.1) is 0 Å². The highest BCUT2D eigenvalue weighted by Gasteiger charge is 2.32. The third kappa shape index (κ3) is 4.52. The molecule has 10 heteroatoms. The number of hydrogen-bond acceptors (Lipinski definition) is 6. The van der Waals surface area contributed by atoms with Crippen LogP contribution in [-0.4, -0.2) is 65.5 Å². The second-order valence-corrected chi connectivity index (χ2v) is 8.32. The molecule has 1 aliphatic rings. The molecule has 0 bridgehead atoms. The molecule has 0 aliphatic carbocycles. The first kappa shape index (κ1) is 17.9. The first-order chi connectivity index (χ1) is 10.6. The summed E-state index contributed by atoms with van der Waals surface area (Å²) in [7, 11) is -3.74. The van der Waals surface area contributed by atoms with Crippen molar-refractivity contribution in [2.24, 2.45) is 0 Å². The van der Waals surface area contributed by atoms with E-state index >= 15 is 0 Å². The summed E-state index contributed by atoms with van der Waals surface area (Å²) in [5.41, 5.74) is -0.584. The van der Waals surface area contributed by atoms with E-state index in [2.05, 4.69) is 9.97 Å². The van der Waals surface area contributed by atoms with Crippen LogP contribution < -0.4 is 0 Å². The van der Waals surface area contributed by atoms with Gasteiger partial charge in [0, 0.05) is 26.2 Å². The summed E-state index contributed by atoms with van der Waals surface area (Å²) in [4.78, 5) is 21.0. The van der Waals surface area contributed by atoms with E-state index in [0.717, 1.165) is 6.20 Å². The van der Waals surface area contributed by atoms with Gasteiger partial charge in [-0.1, -0.05) is 11.6 Å². The molecule has 23 heavy (non-hydrogen) atoms. The van der Waals surface area contributed by atoms with Crippen molar-refractivity contribution < 1.29 is 17.9 Å². The zero-order valence-electron chi connectivity index (χ0n) is 13.2. The highest BCUT2D eigenvalue weighted by Crippen LogP contribution is 2.17. The molecular formula is C13H19ClN4O4S. The van der Waals surface area contributed by atoms with Crippen LogP contribution in [0.5, 0.6) is 0 Å². The predicted molar refractivity (Wildman–Crippen MR) is 83.6 cm³/mol. The molecule has 1 saturated heterocycles. The third-order valence-electron chi connectivity index (χ3n) is 3.09. The molecule has 128 valence electrons. The number of nitrogens with zero attached hydrogens (tertiary/aromatic N) is 4. The summed E-state index contributed by atoms with van der Waals surface area (Å²) in [6.45, 7) is 6.21. The lowest BCUT2D eigenvalue weighted by Crippen LogP contribution is -2.51. The molecule has 2 heterocycles. The van der Waals surface area contributed by atoms with Crippen LogP contribution in [0.25, 0.3) is 0 Å². The lowest BCUT2D eigenvalue weighted by Gasteiger charge is -2.34. The average molecular weight is 363 g/mol. The number of sulfonamides is 1. The minimum atomic E-state index is -3.74. The van der Waals surface area contributed by atoms with Gasteiger partial charge in [0.05, 0.1) is 12.4 Å². The fourth-order valence-corrected chi connectivity index (χ4v) is 3.38. The van der Waals surface area contributed by atoms with Gasteiger partial charge in [-0.3, -0.25) is 0 Å². The minimum Gasteiger partial charge on any atom is -0.444 e. The topological polar surface area (TPSA) is 92.7 Å². The van der Waals surface area contributed by atoms with Crippen LogP contribution in [0.15, 0.2) is 17.4 Å². The Bertz CT molecular complexity index is 664. The van der Waals surface area contributed by atoms with Crippen LogP contribution in [0.1, 0.15) is 20.8 Å². The summed E-state index contributed by atoms with van der Waals surface area (Å²) in [5.74, 6) is 0. The zero-order valence-corrected chi connectivity index (χ0v) is 14.8. The maximum absolute atomic E-state index is 12.4. The number of amides is 1. The monoisotopic (exact) mass is 362 g/mol. The van der Waals surface area contributed by atoms with Crippen molar-refractivity contribution in [1.29, 1.82) is 0 Å². The number of hydrogen-bond donors (Lipinski definition) is 0. The van der Waals surface area contributed by atoms with Crippen molar-refractivity contribution in [3.05, 3.63) is 17.5 Å². The Balaban J connectivity index is 2.01. The van der Waals surface area contributed by atoms with Gasteiger partial charge in [0.25, 0.3) is 10.0 Å². The van der Waals surface area contributed by atoms with Crippen molar-refractivity contribution >= 4 is 27.7 Å². The van der Waals surface area contributed by atoms with Crippen molar-refractivity contribution in [3.63, 3.8) is 0 Å². The average Bonchev–Trinajstić information content (AvgIpc) is 2.46. The Labute approximate surface area is 140 Å². The molecule has 0 aromatic carbocycles. The van der Waals surface area contributed by atoms with Crippen LogP contribution in [0.2, 0.25) is 5.15 Å². The van der Waals surface area contributed by atoms with Gasteiger partial charge >= 0.3 is 6.09 Å². The zero-order chi connectivity index (χ0) is 17.3. The van der Waals surface area contributed by atoms with Crippen LogP contribution in [0.4, 0.5) is 4.79 Å². The Morgan fingerprint density at radius 1 is 1.17 bits per heavy atom. The number of aromatic nitrogens is 2.